The smallest absolute Gasteiger partial charge is 0.130 e. The Labute approximate surface area is 127 Å². The van der Waals surface area contributed by atoms with Crippen molar-refractivity contribution in [1.82, 2.24) is 0 Å². The highest BCUT2D eigenvalue weighted by Gasteiger charge is 2.16. The second-order valence-corrected chi connectivity index (χ2v) is 6.18. The van der Waals surface area contributed by atoms with Crippen LogP contribution in [0.5, 0.6) is 0 Å². The standard InChI is InChI=1S/C17H18BrFO/c1-10-6-11(2)15(12(3)7-10)9-17(20)14-5-4-13(18)8-16(14)19/h4-8,17,20H,9H2,1-3H3. The predicted molar refractivity (Wildman–Crippen MR) is 83.4 cm³/mol. The third kappa shape index (κ3) is 3.28. The summed E-state index contributed by atoms with van der Waals surface area (Å²) >= 11 is 3.22. The molecule has 0 aliphatic heterocycles. The molecule has 1 atom stereocenters. The molecule has 106 valence electrons. The third-order valence-corrected chi connectivity index (χ3v) is 4.05. The molecule has 1 N–H and O–H groups in total. The molecule has 0 saturated heterocycles. The van der Waals surface area contributed by atoms with E-state index >= 15 is 0 Å². The lowest BCUT2D eigenvalue weighted by molar-refractivity contribution is 0.173. The summed E-state index contributed by atoms with van der Waals surface area (Å²) in [6.07, 6.45) is -0.403. The molecule has 2 aromatic rings. The Morgan fingerprint density at radius 2 is 1.70 bits per heavy atom. The molecule has 20 heavy (non-hydrogen) atoms. The lowest BCUT2D eigenvalue weighted by atomic mass is 9.93. The molecule has 0 spiro atoms. The molecule has 2 aromatic carbocycles. The van der Waals surface area contributed by atoms with Crippen LogP contribution in [0.2, 0.25) is 0 Å². The molecular formula is C17H18BrFO. The van der Waals surface area contributed by atoms with Crippen molar-refractivity contribution in [2.45, 2.75) is 33.3 Å². The molecular weight excluding hydrogens is 319 g/mol. The first-order chi connectivity index (χ1) is 9.38. The van der Waals surface area contributed by atoms with E-state index in [0.717, 1.165) is 16.7 Å². The fourth-order valence-corrected chi connectivity index (χ4v) is 2.94. The summed E-state index contributed by atoms with van der Waals surface area (Å²) in [7, 11) is 0. The highest BCUT2D eigenvalue weighted by molar-refractivity contribution is 9.10. The van der Waals surface area contributed by atoms with Gasteiger partial charge in [0, 0.05) is 16.5 Å². The third-order valence-electron chi connectivity index (χ3n) is 3.56. The van der Waals surface area contributed by atoms with Gasteiger partial charge in [0.15, 0.2) is 0 Å². The summed E-state index contributed by atoms with van der Waals surface area (Å²) in [5, 5.41) is 10.3. The van der Waals surface area contributed by atoms with E-state index < -0.39 is 6.10 Å². The van der Waals surface area contributed by atoms with Crippen LogP contribution in [0.1, 0.15) is 33.9 Å². The van der Waals surface area contributed by atoms with E-state index in [4.69, 9.17) is 0 Å². The van der Waals surface area contributed by atoms with Crippen LogP contribution in [0, 0.1) is 26.6 Å². The zero-order valence-corrected chi connectivity index (χ0v) is 13.5. The van der Waals surface area contributed by atoms with Gasteiger partial charge in [0.1, 0.15) is 5.82 Å². The highest BCUT2D eigenvalue weighted by Crippen LogP contribution is 2.27. The number of aliphatic hydroxyl groups is 1. The van der Waals surface area contributed by atoms with Gasteiger partial charge in [-0.25, -0.2) is 4.39 Å². The average molecular weight is 337 g/mol. The van der Waals surface area contributed by atoms with Gasteiger partial charge < -0.3 is 5.11 Å². The minimum absolute atomic E-state index is 0.340. The SMILES string of the molecule is Cc1cc(C)c(CC(O)c2ccc(Br)cc2F)c(C)c1. The minimum atomic E-state index is -0.830. The molecule has 0 amide bonds. The van der Waals surface area contributed by atoms with Gasteiger partial charge in [-0.15, -0.1) is 0 Å². The Balaban J connectivity index is 2.30. The van der Waals surface area contributed by atoms with Crippen molar-refractivity contribution in [1.29, 1.82) is 0 Å². The van der Waals surface area contributed by atoms with Gasteiger partial charge in [-0.3, -0.25) is 0 Å². The Morgan fingerprint density at radius 3 is 2.25 bits per heavy atom. The first-order valence-corrected chi connectivity index (χ1v) is 7.37. The number of benzene rings is 2. The van der Waals surface area contributed by atoms with E-state index in [-0.39, 0.29) is 5.82 Å². The second-order valence-electron chi connectivity index (χ2n) is 5.26. The van der Waals surface area contributed by atoms with Crippen LogP contribution >= 0.6 is 15.9 Å². The highest BCUT2D eigenvalue weighted by atomic mass is 79.9. The fraction of sp³-hybridized carbons (Fsp3) is 0.294. The van der Waals surface area contributed by atoms with Crippen LogP contribution in [0.25, 0.3) is 0 Å². The Morgan fingerprint density at radius 1 is 1.10 bits per heavy atom. The maximum atomic E-state index is 13.9. The summed E-state index contributed by atoms with van der Waals surface area (Å²) in [5.74, 6) is -0.380. The van der Waals surface area contributed by atoms with Crippen molar-refractivity contribution in [2.75, 3.05) is 0 Å². The number of aliphatic hydroxyl groups excluding tert-OH is 1. The van der Waals surface area contributed by atoms with E-state index in [9.17, 15) is 9.50 Å². The molecule has 0 bridgehead atoms. The molecule has 1 unspecified atom stereocenters. The van der Waals surface area contributed by atoms with E-state index in [2.05, 4.69) is 35.0 Å². The lowest BCUT2D eigenvalue weighted by Crippen LogP contribution is -2.07. The van der Waals surface area contributed by atoms with Gasteiger partial charge in [-0.1, -0.05) is 39.7 Å². The van der Waals surface area contributed by atoms with Crippen molar-refractivity contribution in [3.8, 4) is 0 Å². The van der Waals surface area contributed by atoms with Crippen molar-refractivity contribution in [2.24, 2.45) is 0 Å². The zero-order valence-electron chi connectivity index (χ0n) is 11.9. The van der Waals surface area contributed by atoms with Crippen molar-refractivity contribution in [3.63, 3.8) is 0 Å². The number of halogens is 2. The van der Waals surface area contributed by atoms with Gasteiger partial charge in [0.05, 0.1) is 6.10 Å². The van der Waals surface area contributed by atoms with Gasteiger partial charge in [-0.05, 0) is 49.6 Å². The first-order valence-electron chi connectivity index (χ1n) is 6.58. The van der Waals surface area contributed by atoms with Gasteiger partial charge in [0.2, 0.25) is 0 Å². The van der Waals surface area contributed by atoms with Crippen LogP contribution in [-0.2, 0) is 6.42 Å². The fourth-order valence-electron chi connectivity index (χ4n) is 2.61. The first kappa shape index (κ1) is 15.2. The Hall–Kier alpha value is -1.19. The van der Waals surface area contributed by atoms with Crippen LogP contribution in [0.15, 0.2) is 34.8 Å². The van der Waals surface area contributed by atoms with Crippen molar-refractivity contribution < 1.29 is 9.50 Å². The zero-order chi connectivity index (χ0) is 14.9. The molecule has 0 saturated carbocycles. The molecule has 2 rings (SSSR count). The number of aryl methyl sites for hydroxylation is 3. The molecule has 0 aliphatic rings. The summed E-state index contributed by atoms with van der Waals surface area (Å²) in [6.45, 7) is 6.11. The predicted octanol–water partition coefficient (Wildman–Crippen LogP) is 4.79. The normalized spacial score (nSPS) is 12.5. The molecule has 1 nitrogen and oxygen atoms in total. The van der Waals surface area contributed by atoms with Crippen molar-refractivity contribution >= 4 is 15.9 Å². The maximum absolute atomic E-state index is 13.9. The molecule has 0 aliphatic carbocycles. The van der Waals surface area contributed by atoms with Crippen LogP contribution in [0.4, 0.5) is 4.39 Å². The molecule has 0 radical (unpaired) electrons. The Bertz CT molecular complexity index is 614. The minimum Gasteiger partial charge on any atom is -0.388 e. The topological polar surface area (TPSA) is 20.2 Å². The second kappa shape index (κ2) is 6.06. The van der Waals surface area contributed by atoms with Crippen molar-refractivity contribution in [3.05, 3.63) is 68.4 Å². The lowest BCUT2D eigenvalue weighted by Gasteiger charge is -2.16. The van der Waals surface area contributed by atoms with E-state index in [1.807, 2.05) is 13.8 Å². The van der Waals surface area contributed by atoms with Crippen LogP contribution in [-0.4, -0.2) is 5.11 Å². The number of hydrogen-bond acceptors (Lipinski definition) is 1. The molecule has 0 heterocycles. The van der Waals surface area contributed by atoms with Crippen LogP contribution in [0.3, 0.4) is 0 Å². The molecule has 0 aromatic heterocycles. The molecule has 0 fully saturated rings. The van der Waals surface area contributed by atoms with Gasteiger partial charge >= 0.3 is 0 Å². The molecule has 3 heteroatoms. The van der Waals surface area contributed by atoms with Crippen LogP contribution < -0.4 is 0 Å². The Kier molecular flexibility index (Phi) is 4.61. The summed E-state index contributed by atoms with van der Waals surface area (Å²) < 4.78 is 14.6. The van der Waals surface area contributed by atoms with Gasteiger partial charge in [-0.2, -0.15) is 0 Å². The largest absolute Gasteiger partial charge is 0.388 e. The summed E-state index contributed by atoms with van der Waals surface area (Å²) in [5.41, 5.74) is 4.91. The quantitative estimate of drug-likeness (QED) is 0.854. The summed E-state index contributed by atoms with van der Waals surface area (Å²) in [6, 6.07) is 8.94. The van der Waals surface area contributed by atoms with E-state index in [0.29, 0.717) is 16.5 Å². The van der Waals surface area contributed by atoms with E-state index in [1.54, 1.807) is 12.1 Å². The van der Waals surface area contributed by atoms with E-state index in [1.165, 1.54) is 11.6 Å². The number of rotatable bonds is 3. The van der Waals surface area contributed by atoms with Gasteiger partial charge in [0.25, 0.3) is 0 Å². The maximum Gasteiger partial charge on any atom is 0.130 e. The summed E-state index contributed by atoms with van der Waals surface area (Å²) in [4.78, 5) is 0. The monoisotopic (exact) mass is 336 g/mol. The average Bonchev–Trinajstić information content (AvgIpc) is 2.33. The number of hydrogen-bond donors (Lipinski definition) is 1.